The van der Waals surface area contributed by atoms with Crippen molar-refractivity contribution >= 4 is 22.4 Å². The number of nitrogens with zero attached hydrogens (tertiary/aromatic N) is 3. The van der Waals surface area contributed by atoms with Crippen LogP contribution < -0.4 is 4.90 Å². The number of rotatable bonds is 4. The number of nitrogens with one attached hydrogen (secondary N) is 1. The lowest BCUT2D eigenvalue weighted by molar-refractivity contribution is -0.130. The lowest BCUT2D eigenvalue weighted by Crippen LogP contribution is -2.36. The number of H-pyrrole nitrogens is 1. The van der Waals surface area contributed by atoms with E-state index in [1.54, 1.807) is 6.33 Å². The van der Waals surface area contributed by atoms with Crippen LogP contribution in [0.1, 0.15) is 16.8 Å². The van der Waals surface area contributed by atoms with Crippen molar-refractivity contribution in [1.29, 1.82) is 0 Å². The van der Waals surface area contributed by atoms with Crippen LogP contribution in [-0.4, -0.2) is 33.9 Å². The predicted octanol–water partition coefficient (Wildman–Crippen LogP) is 4.15. The average molecular weight is 396 g/mol. The molecule has 0 fully saturated rings. The first kappa shape index (κ1) is 18.4. The highest BCUT2D eigenvalue weighted by molar-refractivity contribution is 5.90. The maximum absolute atomic E-state index is 13.3. The van der Waals surface area contributed by atoms with Gasteiger partial charge in [0.05, 0.1) is 25.0 Å². The van der Waals surface area contributed by atoms with Crippen molar-refractivity contribution in [1.82, 2.24) is 14.9 Å². The van der Waals surface area contributed by atoms with Gasteiger partial charge in [0.1, 0.15) is 0 Å². The molecule has 2 heterocycles. The standard InChI is InChI=1S/C25H24N4O/c30-25(14-20-9-5-8-19-6-1-3-10-23(19)20)29-13-12-28(17-22-15-26-18-27-22)24-11-4-2-7-21(24)16-29/h1-11,15,18H,12-14,16-17H2,(H,26,27). The number of para-hydroxylation sites is 1. The summed E-state index contributed by atoms with van der Waals surface area (Å²) >= 11 is 0. The molecule has 0 unspecified atom stereocenters. The Morgan fingerprint density at radius 1 is 0.967 bits per heavy atom. The molecule has 0 saturated carbocycles. The largest absolute Gasteiger partial charge is 0.364 e. The minimum Gasteiger partial charge on any atom is -0.364 e. The molecular weight excluding hydrogens is 372 g/mol. The first-order valence-corrected chi connectivity index (χ1v) is 10.3. The Morgan fingerprint density at radius 3 is 2.70 bits per heavy atom. The molecule has 4 aromatic rings. The molecule has 0 aliphatic carbocycles. The number of anilines is 1. The van der Waals surface area contributed by atoms with Crippen molar-refractivity contribution in [2.45, 2.75) is 19.5 Å². The monoisotopic (exact) mass is 396 g/mol. The van der Waals surface area contributed by atoms with E-state index in [9.17, 15) is 4.79 Å². The van der Waals surface area contributed by atoms with Gasteiger partial charge in [0, 0.05) is 31.5 Å². The summed E-state index contributed by atoms with van der Waals surface area (Å²) in [7, 11) is 0. The molecule has 1 amide bonds. The first-order valence-electron chi connectivity index (χ1n) is 10.3. The number of aromatic nitrogens is 2. The van der Waals surface area contributed by atoms with E-state index < -0.39 is 0 Å². The summed E-state index contributed by atoms with van der Waals surface area (Å²) in [6, 6.07) is 22.8. The SMILES string of the molecule is O=C(Cc1cccc2ccccc12)N1CCN(Cc2cnc[nH]2)c2ccccc2C1. The zero-order valence-corrected chi connectivity index (χ0v) is 16.8. The van der Waals surface area contributed by atoms with E-state index >= 15 is 0 Å². The third kappa shape index (κ3) is 3.66. The van der Waals surface area contributed by atoms with Crippen molar-refractivity contribution in [3.8, 4) is 0 Å². The van der Waals surface area contributed by atoms with Crippen LogP contribution in [0.15, 0.2) is 79.3 Å². The van der Waals surface area contributed by atoms with Gasteiger partial charge in [-0.05, 0) is 28.0 Å². The Kier molecular flexibility index (Phi) is 4.93. The van der Waals surface area contributed by atoms with Crippen LogP contribution in [0.2, 0.25) is 0 Å². The van der Waals surface area contributed by atoms with Crippen LogP contribution in [0.3, 0.4) is 0 Å². The molecule has 5 nitrogen and oxygen atoms in total. The summed E-state index contributed by atoms with van der Waals surface area (Å²) in [6.45, 7) is 2.88. The number of carbonyl (C=O) groups excluding carboxylic acids is 1. The van der Waals surface area contributed by atoms with Gasteiger partial charge in [0.2, 0.25) is 5.91 Å². The highest BCUT2D eigenvalue weighted by atomic mass is 16.2. The number of carbonyl (C=O) groups is 1. The lowest BCUT2D eigenvalue weighted by atomic mass is 10.0. The quantitative estimate of drug-likeness (QED) is 0.564. The number of hydrogen-bond acceptors (Lipinski definition) is 3. The number of aromatic amines is 1. The Balaban J connectivity index is 1.39. The lowest BCUT2D eigenvalue weighted by Gasteiger charge is -2.24. The van der Waals surface area contributed by atoms with E-state index in [0.717, 1.165) is 29.7 Å². The van der Waals surface area contributed by atoms with E-state index in [1.807, 2.05) is 35.4 Å². The van der Waals surface area contributed by atoms with Crippen molar-refractivity contribution in [3.05, 3.63) is 96.1 Å². The van der Waals surface area contributed by atoms with Gasteiger partial charge in [-0.2, -0.15) is 0 Å². The number of benzene rings is 3. The van der Waals surface area contributed by atoms with Crippen LogP contribution in [0.25, 0.3) is 10.8 Å². The molecule has 0 atom stereocenters. The van der Waals surface area contributed by atoms with Crippen molar-refractivity contribution < 1.29 is 4.79 Å². The summed E-state index contributed by atoms with van der Waals surface area (Å²) < 4.78 is 0. The molecule has 150 valence electrons. The van der Waals surface area contributed by atoms with Gasteiger partial charge in [-0.25, -0.2) is 4.98 Å². The van der Waals surface area contributed by atoms with Gasteiger partial charge in [0.15, 0.2) is 0 Å². The second-order valence-electron chi connectivity index (χ2n) is 7.76. The molecule has 1 aromatic heterocycles. The maximum Gasteiger partial charge on any atom is 0.227 e. The fraction of sp³-hybridized carbons (Fsp3) is 0.200. The summed E-state index contributed by atoms with van der Waals surface area (Å²) in [5.74, 6) is 0.171. The maximum atomic E-state index is 13.3. The third-order valence-corrected chi connectivity index (χ3v) is 5.82. The summed E-state index contributed by atoms with van der Waals surface area (Å²) in [4.78, 5) is 24.9. The number of imidazole rings is 1. The van der Waals surface area contributed by atoms with E-state index in [-0.39, 0.29) is 5.91 Å². The third-order valence-electron chi connectivity index (χ3n) is 5.82. The fourth-order valence-electron chi connectivity index (χ4n) is 4.27. The zero-order chi connectivity index (χ0) is 20.3. The van der Waals surface area contributed by atoms with Crippen LogP contribution in [0.4, 0.5) is 5.69 Å². The molecule has 0 bridgehead atoms. The molecule has 1 N–H and O–H groups in total. The molecule has 0 saturated heterocycles. The van der Waals surface area contributed by atoms with E-state index in [0.29, 0.717) is 19.5 Å². The Morgan fingerprint density at radius 2 is 1.80 bits per heavy atom. The molecule has 30 heavy (non-hydrogen) atoms. The molecule has 1 aliphatic heterocycles. The number of fused-ring (bicyclic) bond motifs is 2. The van der Waals surface area contributed by atoms with E-state index in [4.69, 9.17) is 0 Å². The van der Waals surface area contributed by atoms with Crippen molar-refractivity contribution in [3.63, 3.8) is 0 Å². The Hall–Kier alpha value is -3.60. The van der Waals surface area contributed by atoms with Gasteiger partial charge < -0.3 is 14.8 Å². The van der Waals surface area contributed by atoms with E-state index in [2.05, 4.69) is 57.3 Å². The van der Waals surface area contributed by atoms with Crippen molar-refractivity contribution in [2.75, 3.05) is 18.0 Å². The summed E-state index contributed by atoms with van der Waals surface area (Å²) in [5, 5.41) is 2.33. The zero-order valence-electron chi connectivity index (χ0n) is 16.8. The molecule has 0 radical (unpaired) electrons. The smallest absolute Gasteiger partial charge is 0.227 e. The second-order valence-corrected chi connectivity index (χ2v) is 7.76. The second kappa shape index (κ2) is 8.03. The van der Waals surface area contributed by atoms with Gasteiger partial charge in [-0.3, -0.25) is 4.79 Å². The van der Waals surface area contributed by atoms with Gasteiger partial charge >= 0.3 is 0 Å². The summed E-state index contributed by atoms with van der Waals surface area (Å²) in [6.07, 6.45) is 3.99. The average Bonchev–Trinajstić information content (AvgIpc) is 3.22. The van der Waals surface area contributed by atoms with Crippen molar-refractivity contribution in [2.24, 2.45) is 0 Å². The van der Waals surface area contributed by atoms with Crippen LogP contribution in [-0.2, 0) is 24.3 Å². The van der Waals surface area contributed by atoms with E-state index in [1.165, 1.54) is 16.6 Å². The van der Waals surface area contributed by atoms with Gasteiger partial charge in [0.25, 0.3) is 0 Å². The highest BCUT2D eigenvalue weighted by Crippen LogP contribution is 2.27. The molecule has 5 heteroatoms. The minimum atomic E-state index is 0.171. The topological polar surface area (TPSA) is 52.2 Å². The van der Waals surface area contributed by atoms with Crippen LogP contribution in [0.5, 0.6) is 0 Å². The fourth-order valence-corrected chi connectivity index (χ4v) is 4.27. The van der Waals surface area contributed by atoms with Gasteiger partial charge in [-0.15, -0.1) is 0 Å². The molecule has 1 aliphatic rings. The number of amides is 1. The first-order chi connectivity index (χ1) is 14.8. The normalized spacial score (nSPS) is 13.9. The molecular formula is C25H24N4O. The Labute approximate surface area is 176 Å². The number of hydrogen-bond donors (Lipinski definition) is 1. The minimum absolute atomic E-state index is 0.171. The van der Waals surface area contributed by atoms with Gasteiger partial charge in [-0.1, -0.05) is 60.7 Å². The van der Waals surface area contributed by atoms with Crippen LogP contribution in [0, 0.1) is 0 Å². The Bertz CT molecular complexity index is 1160. The summed E-state index contributed by atoms with van der Waals surface area (Å²) in [5.41, 5.74) is 4.53. The highest BCUT2D eigenvalue weighted by Gasteiger charge is 2.23. The van der Waals surface area contributed by atoms with Crippen LogP contribution >= 0.6 is 0 Å². The predicted molar refractivity (Wildman–Crippen MR) is 119 cm³/mol. The molecule has 5 rings (SSSR count). The molecule has 0 spiro atoms. The molecule has 3 aromatic carbocycles.